The van der Waals surface area contributed by atoms with E-state index < -0.39 is 5.54 Å². The fourth-order valence-electron chi connectivity index (χ4n) is 8.19. The first-order valence-electron chi connectivity index (χ1n) is 20.1. The Kier molecular flexibility index (Phi) is 16.2. The average molecular weight is 781 g/mol. The lowest BCUT2D eigenvalue weighted by atomic mass is 9.84. The number of rotatable bonds is 15. The van der Waals surface area contributed by atoms with Crippen LogP contribution >= 0.6 is 11.3 Å². The number of thiophene rings is 1. The number of amides is 2. The molecule has 2 amide bonds. The van der Waals surface area contributed by atoms with Crippen molar-refractivity contribution in [2.45, 2.75) is 76.3 Å². The summed E-state index contributed by atoms with van der Waals surface area (Å²) in [6.07, 6.45) is 5.92. The Morgan fingerprint density at radius 2 is 1.14 bits per heavy atom. The van der Waals surface area contributed by atoms with Crippen molar-refractivity contribution in [3.05, 3.63) is 119 Å². The van der Waals surface area contributed by atoms with Crippen LogP contribution in [-0.2, 0) is 36.7 Å². The lowest BCUT2D eigenvalue weighted by Gasteiger charge is -2.48. The normalized spacial score (nSPS) is 16.6. The molecule has 0 unspecified atom stereocenters. The first-order valence-corrected chi connectivity index (χ1v) is 21.0. The van der Waals surface area contributed by atoms with Crippen LogP contribution in [0.15, 0.2) is 109 Å². The molecule has 0 saturated carbocycles. The predicted octanol–water partition coefficient (Wildman–Crippen LogP) is 7.89. The SMILES string of the molecule is CCC(=O)N(c1ccccc1)C1(C(=O)OC)CCN(CCc2ccccc2)CC1.CCC(=O)N(c1ccccc1)C1(COC)CCN(CCc2cccs2)CC1. The number of hydrogen-bond acceptors (Lipinski definition) is 8. The molecular weight excluding hydrogens is 721 g/mol. The molecule has 1 aromatic heterocycles. The van der Waals surface area contributed by atoms with E-state index in [-0.39, 0.29) is 23.3 Å². The summed E-state index contributed by atoms with van der Waals surface area (Å²) in [5.74, 6) is -0.213. The van der Waals surface area contributed by atoms with Gasteiger partial charge in [-0.25, -0.2) is 4.79 Å². The topological polar surface area (TPSA) is 82.6 Å². The van der Waals surface area contributed by atoms with Crippen LogP contribution in [0.2, 0.25) is 0 Å². The molecule has 0 bridgehead atoms. The van der Waals surface area contributed by atoms with Crippen LogP contribution in [0.1, 0.15) is 62.8 Å². The number of hydrogen-bond donors (Lipinski definition) is 0. The second kappa shape index (κ2) is 21.3. The number of likely N-dealkylation sites (tertiary alicyclic amines) is 2. The molecule has 56 heavy (non-hydrogen) atoms. The van der Waals surface area contributed by atoms with Gasteiger partial charge in [0.05, 0.1) is 19.3 Å². The van der Waals surface area contributed by atoms with E-state index in [1.807, 2.05) is 96.8 Å². The molecule has 2 aliphatic heterocycles. The van der Waals surface area contributed by atoms with Gasteiger partial charge in [-0.3, -0.25) is 14.5 Å². The van der Waals surface area contributed by atoms with Crippen LogP contribution in [-0.4, -0.2) is 98.8 Å². The van der Waals surface area contributed by atoms with E-state index in [9.17, 15) is 14.4 Å². The van der Waals surface area contributed by atoms with Gasteiger partial charge in [0.2, 0.25) is 11.8 Å². The van der Waals surface area contributed by atoms with Gasteiger partial charge in [0.25, 0.3) is 0 Å². The van der Waals surface area contributed by atoms with E-state index in [0.717, 1.165) is 76.3 Å². The maximum absolute atomic E-state index is 13.0. The number of piperidine rings is 2. The first-order chi connectivity index (χ1) is 27.3. The maximum Gasteiger partial charge on any atom is 0.332 e. The fourth-order valence-corrected chi connectivity index (χ4v) is 8.89. The largest absolute Gasteiger partial charge is 0.467 e. The summed E-state index contributed by atoms with van der Waals surface area (Å²) in [4.78, 5) is 48.9. The first kappa shape index (κ1) is 42.8. The number of esters is 1. The standard InChI is InChI=1S/C24H30N2O3.C22H30N2O2S/c1-3-22(27)26(21-12-8-5-9-13-21)24(23(28)29-2)15-18-25(19-16-24)17-14-20-10-6-4-7-11-20;1-3-21(25)24(19-8-5-4-6-9-19)22(18-26-2)12-15-23(16-13-22)14-11-20-10-7-17-27-20/h4-13H,3,14-19H2,1-2H3;4-10,17H,3,11-16,18H2,1-2H3. The fraction of sp³-hybridized carbons (Fsp3) is 0.457. The number of benzene rings is 3. The summed E-state index contributed by atoms with van der Waals surface area (Å²) >= 11 is 1.83. The van der Waals surface area contributed by atoms with Gasteiger partial charge in [0.1, 0.15) is 5.54 Å². The highest BCUT2D eigenvalue weighted by molar-refractivity contribution is 7.09. The average Bonchev–Trinajstić information content (AvgIpc) is 3.78. The lowest BCUT2D eigenvalue weighted by molar-refractivity contribution is -0.151. The lowest BCUT2D eigenvalue weighted by Crippen LogP contribution is -2.62. The van der Waals surface area contributed by atoms with Gasteiger partial charge in [-0.15, -0.1) is 11.3 Å². The molecule has 2 fully saturated rings. The summed E-state index contributed by atoms with van der Waals surface area (Å²) in [7, 11) is 3.15. The van der Waals surface area contributed by atoms with Crippen molar-refractivity contribution in [3.8, 4) is 0 Å². The van der Waals surface area contributed by atoms with Gasteiger partial charge in [0, 0.05) is 75.5 Å². The number of carbonyl (C=O) groups excluding carboxylic acids is 3. The summed E-state index contributed by atoms with van der Waals surface area (Å²) < 4.78 is 10.8. The van der Waals surface area contributed by atoms with Crippen molar-refractivity contribution in [2.75, 3.05) is 69.9 Å². The molecule has 0 radical (unpaired) electrons. The summed E-state index contributed by atoms with van der Waals surface area (Å²) in [6, 6.07) is 34.3. The summed E-state index contributed by atoms with van der Waals surface area (Å²) in [5, 5.41) is 2.14. The van der Waals surface area contributed by atoms with Crippen molar-refractivity contribution in [1.82, 2.24) is 9.80 Å². The molecule has 0 atom stereocenters. The van der Waals surface area contributed by atoms with E-state index in [0.29, 0.717) is 32.3 Å². The third kappa shape index (κ3) is 10.7. The molecule has 0 aliphatic carbocycles. The number of nitrogens with zero attached hydrogens (tertiary/aromatic N) is 4. The third-order valence-corrected chi connectivity index (χ3v) is 12.2. The second-order valence-corrected chi connectivity index (χ2v) is 15.8. The number of para-hydroxylation sites is 2. The zero-order chi connectivity index (χ0) is 39.8. The van der Waals surface area contributed by atoms with Crippen molar-refractivity contribution < 1.29 is 23.9 Å². The number of carbonyl (C=O) groups is 3. The number of methoxy groups -OCH3 is 2. The quantitative estimate of drug-likeness (QED) is 0.114. The third-order valence-electron chi connectivity index (χ3n) is 11.3. The second-order valence-electron chi connectivity index (χ2n) is 14.8. The highest BCUT2D eigenvalue weighted by atomic mass is 32.1. The smallest absolute Gasteiger partial charge is 0.332 e. The zero-order valence-electron chi connectivity index (χ0n) is 33.7. The van der Waals surface area contributed by atoms with Gasteiger partial charge >= 0.3 is 5.97 Å². The van der Waals surface area contributed by atoms with Crippen LogP contribution in [0, 0.1) is 0 Å². The highest BCUT2D eigenvalue weighted by Crippen LogP contribution is 2.36. The van der Waals surface area contributed by atoms with Crippen molar-refractivity contribution in [1.29, 1.82) is 0 Å². The number of ether oxygens (including phenoxy) is 2. The Morgan fingerprint density at radius 3 is 1.64 bits per heavy atom. The van der Waals surface area contributed by atoms with E-state index >= 15 is 0 Å². The molecule has 10 heteroatoms. The Bertz CT molecular complexity index is 1760. The maximum atomic E-state index is 13.0. The molecule has 0 N–H and O–H groups in total. The van der Waals surface area contributed by atoms with Crippen LogP contribution in [0.5, 0.6) is 0 Å². The van der Waals surface area contributed by atoms with Gasteiger partial charge in [-0.2, -0.15) is 0 Å². The van der Waals surface area contributed by atoms with Crippen molar-refractivity contribution >= 4 is 40.5 Å². The van der Waals surface area contributed by atoms with Gasteiger partial charge in [-0.05, 0) is 79.8 Å². The molecule has 0 spiro atoms. The monoisotopic (exact) mass is 780 g/mol. The van der Waals surface area contributed by atoms with Crippen molar-refractivity contribution in [3.63, 3.8) is 0 Å². The van der Waals surface area contributed by atoms with Crippen LogP contribution in [0.3, 0.4) is 0 Å². The minimum atomic E-state index is -0.952. The van der Waals surface area contributed by atoms with E-state index in [2.05, 4.69) is 51.6 Å². The zero-order valence-corrected chi connectivity index (χ0v) is 34.6. The molecule has 3 aromatic carbocycles. The van der Waals surface area contributed by atoms with Crippen LogP contribution in [0.25, 0.3) is 0 Å². The summed E-state index contributed by atoms with van der Waals surface area (Å²) in [6.45, 7) is 9.86. The predicted molar refractivity (Wildman–Crippen MR) is 227 cm³/mol. The Labute approximate surface area is 338 Å². The Balaban J connectivity index is 0.000000215. The van der Waals surface area contributed by atoms with Crippen LogP contribution < -0.4 is 9.80 Å². The molecule has 9 nitrogen and oxygen atoms in total. The molecular formula is C46H60N4O5S. The molecule has 2 aliphatic rings. The van der Waals surface area contributed by atoms with E-state index in [1.165, 1.54) is 17.6 Å². The molecule has 6 rings (SSSR count). The number of anilines is 2. The summed E-state index contributed by atoms with van der Waals surface area (Å²) in [5.41, 5.74) is 1.83. The van der Waals surface area contributed by atoms with Crippen LogP contribution in [0.4, 0.5) is 11.4 Å². The minimum Gasteiger partial charge on any atom is -0.467 e. The molecule has 300 valence electrons. The van der Waals surface area contributed by atoms with E-state index in [4.69, 9.17) is 9.47 Å². The molecule has 4 aromatic rings. The minimum absolute atomic E-state index is 0.0562. The van der Waals surface area contributed by atoms with Gasteiger partial charge < -0.3 is 24.2 Å². The Morgan fingerprint density at radius 1 is 0.643 bits per heavy atom. The van der Waals surface area contributed by atoms with E-state index in [1.54, 1.807) is 12.0 Å². The van der Waals surface area contributed by atoms with Gasteiger partial charge in [-0.1, -0.05) is 86.6 Å². The van der Waals surface area contributed by atoms with Gasteiger partial charge in [0.15, 0.2) is 0 Å². The molecule has 2 saturated heterocycles. The highest BCUT2D eigenvalue weighted by Gasteiger charge is 2.50. The molecule has 3 heterocycles. The van der Waals surface area contributed by atoms with Crippen molar-refractivity contribution in [2.24, 2.45) is 0 Å². The Hall–Kier alpha value is -4.35.